The van der Waals surface area contributed by atoms with Gasteiger partial charge < -0.3 is 20.5 Å². The molecule has 1 unspecified atom stereocenters. The predicted molar refractivity (Wildman–Crippen MR) is 121 cm³/mol. The van der Waals surface area contributed by atoms with Crippen molar-refractivity contribution in [3.8, 4) is 11.1 Å². The van der Waals surface area contributed by atoms with Gasteiger partial charge in [-0.1, -0.05) is 68.0 Å². The van der Waals surface area contributed by atoms with Gasteiger partial charge in [0.2, 0.25) is 5.91 Å². The van der Waals surface area contributed by atoms with Crippen molar-refractivity contribution in [1.82, 2.24) is 10.6 Å². The second-order valence-corrected chi connectivity index (χ2v) is 7.75. The summed E-state index contributed by atoms with van der Waals surface area (Å²) in [5.74, 6) is -1.56. The third-order valence-corrected chi connectivity index (χ3v) is 5.54. The number of fused-ring (bicyclic) bond motifs is 3. The first kappa shape index (κ1) is 23.1. The van der Waals surface area contributed by atoms with E-state index in [-0.39, 0.29) is 19.1 Å². The summed E-state index contributed by atoms with van der Waals surface area (Å²) in [6.45, 7) is 3.73. The van der Waals surface area contributed by atoms with Crippen molar-refractivity contribution in [3.05, 3.63) is 71.3 Å². The molecule has 2 amide bonds. The molecule has 1 aliphatic carbocycles. The number of rotatable bonds is 9. The second kappa shape index (κ2) is 10.6. The largest absolute Gasteiger partial charge is 0.480 e. The Bertz CT molecular complexity index is 985. The third-order valence-electron chi connectivity index (χ3n) is 5.54. The minimum absolute atomic E-state index is 0.0253. The minimum atomic E-state index is -1.07. The van der Waals surface area contributed by atoms with Crippen LogP contribution in [0.1, 0.15) is 43.7 Å². The van der Waals surface area contributed by atoms with E-state index >= 15 is 0 Å². The number of amides is 2. The summed E-state index contributed by atoms with van der Waals surface area (Å²) in [5, 5.41) is 14.2. The molecule has 0 radical (unpaired) electrons. The van der Waals surface area contributed by atoms with Crippen molar-refractivity contribution in [3.63, 3.8) is 0 Å². The van der Waals surface area contributed by atoms with Crippen LogP contribution in [0.15, 0.2) is 60.2 Å². The number of carboxylic acids is 1. The Morgan fingerprint density at radius 1 is 1.06 bits per heavy atom. The Morgan fingerprint density at radius 3 is 2.22 bits per heavy atom. The van der Waals surface area contributed by atoms with Gasteiger partial charge in [-0.2, -0.15) is 0 Å². The molecule has 1 atom stereocenters. The molecule has 0 aromatic heterocycles. The van der Waals surface area contributed by atoms with Gasteiger partial charge in [0.15, 0.2) is 0 Å². The first-order valence-corrected chi connectivity index (χ1v) is 10.7. The number of hydrogen-bond acceptors (Lipinski definition) is 4. The van der Waals surface area contributed by atoms with Crippen LogP contribution in [-0.2, 0) is 14.3 Å². The van der Waals surface area contributed by atoms with E-state index in [1.54, 1.807) is 6.92 Å². The molecule has 0 saturated carbocycles. The average molecular weight is 437 g/mol. The molecule has 0 saturated heterocycles. The second-order valence-electron chi connectivity index (χ2n) is 7.75. The number of alkyl carbamates (subject to hydrolysis) is 1. The van der Waals surface area contributed by atoms with Crippen LogP contribution < -0.4 is 10.6 Å². The van der Waals surface area contributed by atoms with Crippen molar-refractivity contribution in [2.75, 3.05) is 13.2 Å². The number of carbonyl (C=O) groups excluding carboxylic acids is 2. The van der Waals surface area contributed by atoms with E-state index in [9.17, 15) is 14.4 Å². The molecule has 2 aromatic carbocycles. The number of benzene rings is 2. The summed E-state index contributed by atoms with van der Waals surface area (Å²) >= 11 is 0. The number of ether oxygens (including phenoxy) is 1. The van der Waals surface area contributed by atoms with Gasteiger partial charge in [0, 0.05) is 18.0 Å². The summed E-state index contributed by atoms with van der Waals surface area (Å²) in [6.07, 6.45) is 1.95. The smallest absolute Gasteiger partial charge is 0.407 e. The Labute approximate surface area is 187 Å². The van der Waals surface area contributed by atoms with Crippen LogP contribution >= 0.6 is 0 Å². The zero-order valence-electron chi connectivity index (χ0n) is 18.3. The normalized spacial score (nSPS) is 13.6. The fourth-order valence-corrected chi connectivity index (χ4v) is 3.85. The first-order valence-electron chi connectivity index (χ1n) is 10.7. The highest BCUT2D eigenvalue weighted by atomic mass is 16.5. The van der Waals surface area contributed by atoms with Gasteiger partial charge in [0.1, 0.15) is 12.6 Å². The molecular weight excluding hydrogens is 408 g/mol. The molecule has 0 aliphatic heterocycles. The molecule has 3 rings (SSSR count). The lowest BCUT2D eigenvalue weighted by Gasteiger charge is -2.15. The lowest BCUT2D eigenvalue weighted by Crippen LogP contribution is -2.41. The van der Waals surface area contributed by atoms with Gasteiger partial charge >= 0.3 is 12.1 Å². The molecule has 0 heterocycles. The van der Waals surface area contributed by atoms with Crippen molar-refractivity contribution in [2.24, 2.45) is 0 Å². The lowest BCUT2D eigenvalue weighted by molar-refractivity contribution is -0.141. The zero-order chi connectivity index (χ0) is 23.1. The zero-order valence-corrected chi connectivity index (χ0v) is 18.3. The van der Waals surface area contributed by atoms with E-state index in [1.165, 1.54) is 6.08 Å². The van der Waals surface area contributed by atoms with Crippen molar-refractivity contribution in [1.29, 1.82) is 0 Å². The Morgan fingerprint density at radius 2 is 1.66 bits per heavy atom. The maximum atomic E-state index is 12.2. The highest BCUT2D eigenvalue weighted by molar-refractivity contribution is 5.95. The van der Waals surface area contributed by atoms with Gasteiger partial charge in [-0.3, -0.25) is 4.79 Å². The molecule has 0 bridgehead atoms. The molecule has 0 fully saturated rings. The molecule has 7 nitrogen and oxygen atoms in total. The monoisotopic (exact) mass is 436 g/mol. The maximum absolute atomic E-state index is 12.2. The molecule has 32 heavy (non-hydrogen) atoms. The van der Waals surface area contributed by atoms with Crippen molar-refractivity contribution < 1.29 is 24.2 Å². The average Bonchev–Trinajstić information content (AvgIpc) is 3.11. The SMILES string of the molecule is CCCC(NC(=O)/C(C)=C/CNC(=O)OCC1c2ccccc2-c2ccccc21)C(=O)O. The van der Waals surface area contributed by atoms with Gasteiger partial charge in [-0.15, -0.1) is 0 Å². The van der Waals surface area contributed by atoms with E-state index in [0.717, 1.165) is 22.3 Å². The topological polar surface area (TPSA) is 105 Å². The molecular formula is C25H28N2O5. The summed E-state index contributed by atoms with van der Waals surface area (Å²) in [4.78, 5) is 35.5. The molecule has 0 spiro atoms. The number of nitrogens with one attached hydrogen (secondary N) is 2. The summed E-state index contributed by atoms with van der Waals surface area (Å²) in [7, 11) is 0. The van der Waals surface area contributed by atoms with Crippen LogP contribution in [0.2, 0.25) is 0 Å². The van der Waals surface area contributed by atoms with E-state index in [1.807, 2.05) is 31.2 Å². The Kier molecular flexibility index (Phi) is 7.65. The van der Waals surface area contributed by atoms with Crippen molar-refractivity contribution in [2.45, 2.75) is 38.6 Å². The van der Waals surface area contributed by atoms with E-state index in [0.29, 0.717) is 18.4 Å². The fraction of sp³-hybridized carbons (Fsp3) is 0.320. The number of hydrogen-bond donors (Lipinski definition) is 3. The van der Waals surface area contributed by atoms with Crippen LogP contribution in [0.4, 0.5) is 4.79 Å². The predicted octanol–water partition coefficient (Wildman–Crippen LogP) is 3.84. The van der Waals surface area contributed by atoms with E-state index < -0.39 is 24.0 Å². The molecule has 7 heteroatoms. The third kappa shape index (κ3) is 5.35. The molecule has 3 N–H and O–H groups in total. The summed E-state index contributed by atoms with van der Waals surface area (Å²) in [6, 6.07) is 15.3. The van der Waals surface area contributed by atoms with E-state index in [2.05, 4.69) is 34.9 Å². The van der Waals surface area contributed by atoms with Gasteiger partial charge in [0.05, 0.1) is 0 Å². The number of carboxylic acid groups (broad SMARTS) is 1. The Hall–Kier alpha value is -3.61. The van der Waals surface area contributed by atoms with Crippen LogP contribution in [0.3, 0.4) is 0 Å². The van der Waals surface area contributed by atoms with Crippen LogP contribution in [-0.4, -0.2) is 42.3 Å². The quantitative estimate of drug-likeness (QED) is 0.518. The van der Waals surface area contributed by atoms with Gasteiger partial charge in [-0.05, 0) is 35.6 Å². The van der Waals surface area contributed by atoms with Gasteiger partial charge in [-0.25, -0.2) is 9.59 Å². The standard InChI is InChI=1S/C25H28N2O5/c1-3-8-22(24(29)30)27-23(28)16(2)13-14-26-25(31)32-15-21-19-11-6-4-9-17(19)18-10-5-7-12-20(18)21/h4-7,9-13,21-22H,3,8,14-15H2,1-2H3,(H,26,31)(H,27,28)(H,29,30)/b16-13+. The highest BCUT2D eigenvalue weighted by Gasteiger charge is 2.29. The molecule has 1 aliphatic rings. The van der Waals surface area contributed by atoms with Crippen molar-refractivity contribution >= 4 is 18.0 Å². The Balaban J connectivity index is 1.52. The summed E-state index contributed by atoms with van der Waals surface area (Å²) in [5.41, 5.74) is 4.91. The molecule has 168 valence electrons. The highest BCUT2D eigenvalue weighted by Crippen LogP contribution is 2.44. The van der Waals surface area contributed by atoms with Crippen LogP contribution in [0.25, 0.3) is 11.1 Å². The summed E-state index contributed by atoms with van der Waals surface area (Å²) < 4.78 is 5.45. The number of aliphatic carboxylic acids is 1. The van der Waals surface area contributed by atoms with Crippen LogP contribution in [0, 0.1) is 0 Å². The maximum Gasteiger partial charge on any atom is 0.407 e. The lowest BCUT2D eigenvalue weighted by atomic mass is 9.98. The first-order chi connectivity index (χ1) is 15.4. The van der Waals surface area contributed by atoms with Gasteiger partial charge in [0.25, 0.3) is 0 Å². The van der Waals surface area contributed by atoms with Crippen LogP contribution in [0.5, 0.6) is 0 Å². The number of carbonyl (C=O) groups is 3. The fourth-order valence-electron chi connectivity index (χ4n) is 3.85. The molecule has 2 aromatic rings. The minimum Gasteiger partial charge on any atom is -0.480 e. The van der Waals surface area contributed by atoms with E-state index in [4.69, 9.17) is 9.84 Å².